The van der Waals surface area contributed by atoms with Crippen LogP contribution in [0.5, 0.6) is 5.75 Å². The van der Waals surface area contributed by atoms with Gasteiger partial charge in [-0.15, -0.1) is 0 Å². The fraction of sp³-hybridized carbons (Fsp3) is 0.267. The van der Waals surface area contributed by atoms with E-state index in [0.29, 0.717) is 11.3 Å². The number of furan rings is 1. The molecular formula is C15H15NO3. The third kappa shape index (κ3) is 2.21. The van der Waals surface area contributed by atoms with Gasteiger partial charge in [0, 0.05) is 0 Å². The Kier molecular flexibility index (Phi) is 2.99. The first-order chi connectivity index (χ1) is 9.25. The van der Waals surface area contributed by atoms with E-state index in [2.05, 4.69) is 5.32 Å². The SMILES string of the molecule is O=C(NC1CCCc2c(O)cccc21)c1ccoc1. The molecule has 98 valence electrons. The average molecular weight is 257 g/mol. The molecule has 1 atom stereocenters. The lowest BCUT2D eigenvalue weighted by Gasteiger charge is -2.26. The first kappa shape index (κ1) is 11.8. The predicted octanol–water partition coefficient (Wildman–Crippen LogP) is 2.79. The Morgan fingerprint density at radius 3 is 3.05 bits per heavy atom. The van der Waals surface area contributed by atoms with Crippen LogP contribution in [0.25, 0.3) is 0 Å². The molecule has 4 nitrogen and oxygen atoms in total. The zero-order chi connectivity index (χ0) is 13.2. The Labute approximate surface area is 111 Å². The van der Waals surface area contributed by atoms with E-state index in [9.17, 15) is 9.90 Å². The van der Waals surface area contributed by atoms with E-state index in [1.54, 1.807) is 12.1 Å². The van der Waals surface area contributed by atoms with Crippen molar-refractivity contribution in [3.8, 4) is 5.75 Å². The minimum atomic E-state index is -0.144. The number of rotatable bonds is 2. The predicted molar refractivity (Wildman–Crippen MR) is 70.0 cm³/mol. The Morgan fingerprint density at radius 2 is 2.26 bits per heavy atom. The molecule has 1 unspecified atom stereocenters. The zero-order valence-electron chi connectivity index (χ0n) is 10.4. The highest BCUT2D eigenvalue weighted by Crippen LogP contribution is 2.34. The van der Waals surface area contributed by atoms with Gasteiger partial charge in [0.15, 0.2) is 0 Å². The molecule has 19 heavy (non-hydrogen) atoms. The molecule has 1 amide bonds. The van der Waals surface area contributed by atoms with E-state index < -0.39 is 0 Å². The third-order valence-electron chi connectivity index (χ3n) is 3.57. The second kappa shape index (κ2) is 4.80. The molecule has 2 N–H and O–H groups in total. The van der Waals surface area contributed by atoms with Crippen LogP contribution in [0.4, 0.5) is 0 Å². The summed E-state index contributed by atoms with van der Waals surface area (Å²) in [5, 5.41) is 12.9. The molecule has 1 aliphatic carbocycles. The van der Waals surface area contributed by atoms with Crippen LogP contribution in [-0.4, -0.2) is 11.0 Å². The van der Waals surface area contributed by atoms with Crippen LogP contribution >= 0.6 is 0 Å². The molecule has 0 saturated heterocycles. The second-order valence-electron chi connectivity index (χ2n) is 4.78. The van der Waals surface area contributed by atoms with Crippen LogP contribution < -0.4 is 5.32 Å². The van der Waals surface area contributed by atoms with Gasteiger partial charge in [0.1, 0.15) is 12.0 Å². The lowest BCUT2D eigenvalue weighted by atomic mass is 9.87. The van der Waals surface area contributed by atoms with Crippen molar-refractivity contribution in [3.63, 3.8) is 0 Å². The van der Waals surface area contributed by atoms with Gasteiger partial charge in [0.05, 0.1) is 17.9 Å². The molecule has 0 saturated carbocycles. The van der Waals surface area contributed by atoms with Crippen LogP contribution in [0.2, 0.25) is 0 Å². The second-order valence-corrected chi connectivity index (χ2v) is 4.78. The van der Waals surface area contributed by atoms with Crippen LogP contribution in [0.1, 0.15) is 40.4 Å². The minimum absolute atomic E-state index is 0.0433. The highest BCUT2D eigenvalue weighted by molar-refractivity contribution is 5.94. The van der Waals surface area contributed by atoms with E-state index in [0.717, 1.165) is 30.4 Å². The summed E-state index contributed by atoms with van der Waals surface area (Å²) in [6.07, 6.45) is 5.62. The molecule has 1 heterocycles. The van der Waals surface area contributed by atoms with E-state index in [1.807, 2.05) is 12.1 Å². The van der Waals surface area contributed by atoms with E-state index in [1.165, 1.54) is 12.5 Å². The van der Waals surface area contributed by atoms with Crippen LogP contribution in [0.3, 0.4) is 0 Å². The maximum atomic E-state index is 12.0. The maximum Gasteiger partial charge on any atom is 0.255 e. The number of benzene rings is 1. The number of phenolic OH excluding ortho intramolecular Hbond substituents is 1. The van der Waals surface area contributed by atoms with Gasteiger partial charge in [-0.05, 0) is 42.5 Å². The van der Waals surface area contributed by atoms with Gasteiger partial charge in [-0.3, -0.25) is 4.79 Å². The van der Waals surface area contributed by atoms with Crippen molar-refractivity contribution in [2.45, 2.75) is 25.3 Å². The molecule has 4 heteroatoms. The molecule has 2 aromatic rings. The number of carbonyl (C=O) groups is 1. The van der Waals surface area contributed by atoms with E-state index in [-0.39, 0.29) is 11.9 Å². The first-order valence-corrected chi connectivity index (χ1v) is 6.39. The van der Waals surface area contributed by atoms with Crippen LogP contribution in [0.15, 0.2) is 41.2 Å². The van der Waals surface area contributed by atoms with Crippen molar-refractivity contribution in [2.75, 3.05) is 0 Å². The average Bonchev–Trinajstić information content (AvgIpc) is 2.94. The largest absolute Gasteiger partial charge is 0.508 e. The number of nitrogens with one attached hydrogen (secondary N) is 1. The standard InChI is InChI=1S/C15H15NO3/c17-14-6-2-3-11-12(14)4-1-5-13(11)16-15(18)10-7-8-19-9-10/h2-3,6-9,13,17H,1,4-5H2,(H,16,18). The summed E-state index contributed by atoms with van der Waals surface area (Å²) >= 11 is 0. The number of fused-ring (bicyclic) bond motifs is 1. The van der Waals surface area contributed by atoms with Crippen molar-refractivity contribution in [1.29, 1.82) is 0 Å². The Balaban J connectivity index is 1.84. The van der Waals surface area contributed by atoms with Gasteiger partial charge >= 0.3 is 0 Å². The fourth-order valence-corrected chi connectivity index (χ4v) is 2.61. The summed E-state index contributed by atoms with van der Waals surface area (Å²) in [4.78, 5) is 12.0. The van der Waals surface area contributed by atoms with Crippen LogP contribution in [0, 0.1) is 0 Å². The molecule has 0 aliphatic heterocycles. The monoisotopic (exact) mass is 257 g/mol. The smallest absolute Gasteiger partial charge is 0.255 e. The van der Waals surface area contributed by atoms with Crippen LogP contribution in [-0.2, 0) is 6.42 Å². The van der Waals surface area contributed by atoms with Gasteiger partial charge in [-0.1, -0.05) is 12.1 Å². The number of carbonyl (C=O) groups excluding carboxylic acids is 1. The van der Waals surface area contributed by atoms with Gasteiger partial charge in [0.2, 0.25) is 0 Å². The van der Waals surface area contributed by atoms with Crippen molar-refractivity contribution in [2.24, 2.45) is 0 Å². The summed E-state index contributed by atoms with van der Waals surface area (Å²) in [5.74, 6) is 0.176. The first-order valence-electron chi connectivity index (χ1n) is 6.39. The summed E-state index contributed by atoms with van der Waals surface area (Å²) in [6.45, 7) is 0. The Bertz CT molecular complexity index is 589. The number of phenols is 1. The molecule has 1 aromatic carbocycles. The quantitative estimate of drug-likeness (QED) is 0.869. The summed E-state index contributed by atoms with van der Waals surface area (Å²) in [7, 11) is 0. The van der Waals surface area contributed by atoms with Gasteiger partial charge in [0.25, 0.3) is 5.91 Å². The maximum absolute atomic E-state index is 12.0. The lowest BCUT2D eigenvalue weighted by molar-refractivity contribution is 0.0932. The summed E-state index contributed by atoms with van der Waals surface area (Å²) < 4.78 is 4.91. The van der Waals surface area contributed by atoms with Gasteiger partial charge < -0.3 is 14.8 Å². The third-order valence-corrected chi connectivity index (χ3v) is 3.57. The fourth-order valence-electron chi connectivity index (χ4n) is 2.61. The highest BCUT2D eigenvalue weighted by atomic mass is 16.3. The van der Waals surface area contributed by atoms with Crippen molar-refractivity contribution < 1.29 is 14.3 Å². The molecule has 1 aliphatic rings. The number of aromatic hydroxyl groups is 1. The number of hydrogen-bond donors (Lipinski definition) is 2. The van der Waals surface area contributed by atoms with E-state index >= 15 is 0 Å². The molecule has 0 spiro atoms. The normalized spacial score (nSPS) is 17.8. The summed E-state index contributed by atoms with van der Waals surface area (Å²) in [6, 6.07) is 7.07. The molecule has 0 bridgehead atoms. The van der Waals surface area contributed by atoms with Crippen molar-refractivity contribution >= 4 is 5.91 Å². The summed E-state index contributed by atoms with van der Waals surface area (Å²) in [5.41, 5.74) is 2.49. The highest BCUT2D eigenvalue weighted by Gasteiger charge is 2.24. The molecule has 1 aromatic heterocycles. The van der Waals surface area contributed by atoms with Gasteiger partial charge in [-0.25, -0.2) is 0 Å². The number of hydrogen-bond acceptors (Lipinski definition) is 3. The molecule has 3 rings (SSSR count). The van der Waals surface area contributed by atoms with Gasteiger partial charge in [-0.2, -0.15) is 0 Å². The Morgan fingerprint density at radius 1 is 1.37 bits per heavy atom. The molecule has 0 fully saturated rings. The molecular weight excluding hydrogens is 242 g/mol. The minimum Gasteiger partial charge on any atom is -0.508 e. The van der Waals surface area contributed by atoms with Crippen molar-refractivity contribution in [3.05, 3.63) is 53.5 Å². The number of amides is 1. The Hall–Kier alpha value is -2.23. The lowest BCUT2D eigenvalue weighted by Crippen LogP contribution is -2.30. The van der Waals surface area contributed by atoms with Crippen molar-refractivity contribution in [1.82, 2.24) is 5.32 Å². The van der Waals surface area contributed by atoms with E-state index in [4.69, 9.17) is 4.42 Å². The topological polar surface area (TPSA) is 62.5 Å². The zero-order valence-corrected chi connectivity index (χ0v) is 10.4. The molecule has 0 radical (unpaired) electrons.